The van der Waals surface area contributed by atoms with Gasteiger partial charge in [-0.25, -0.2) is 0 Å². The first-order chi connectivity index (χ1) is 11.6. The number of hydrogen-bond donors (Lipinski definition) is 3. The molecule has 0 aliphatic carbocycles. The second-order valence-corrected chi connectivity index (χ2v) is 6.07. The van der Waals surface area contributed by atoms with Crippen LogP contribution in [0.25, 0.3) is 0 Å². The Morgan fingerprint density at radius 1 is 1.04 bits per heavy atom. The number of hydrogen-bond acceptors (Lipinski definition) is 3. The Morgan fingerprint density at radius 2 is 1.67 bits per heavy atom. The number of aryl methyl sites for hydroxylation is 1. The van der Waals surface area contributed by atoms with Crippen LogP contribution in [-0.4, -0.2) is 23.7 Å². The van der Waals surface area contributed by atoms with Crippen molar-refractivity contribution in [2.45, 2.75) is 39.3 Å². The Bertz CT molecular complexity index is 632. The van der Waals surface area contributed by atoms with Gasteiger partial charge in [-0.3, -0.25) is 4.79 Å². The largest absolute Gasteiger partial charge is 0.394 e. The monoisotopic (exact) mass is 326 g/mol. The first-order valence-corrected chi connectivity index (χ1v) is 8.39. The summed E-state index contributed by atoms with van der Waals surface area (Å²) >= 11 is 0. The third-order valence-corrected chi connectivity index (χ3v) is 4.01. The van der Waals surface area contributed by atoms with Crippen LogP contribution in [0.3, 0.4) is 0 Å². The predicted octanol–water partition coefficient (Wildman–Crippen LogP) is 3.04. The van der Waals surface area contributed by atoms with Gasteiger partial charge in [0.15, 0.2) is 0 Å². The zero-order valence-corrected chi connectivity index (χ0v) is 14.4. The van der Waals surface area contributed by atoms with Crippen molar-refractivity contribution in [2.24, 2.45) is 0 Å². The lowest BCUT2D eigenvalue weighted by atomic mass is 10.1. The van der Waals surface area contributed by atoms with Gasteiger partial charge in [-0.1, -0.05) is 48.9 Å². The van der Waals surface area contributed by atoms with Gasteiger partial charge in [0.25, 0.3) is 0 Å². The van der Waals surface area contributed by atoms with Gasteiger partial charge in [0.1, 0.15) is 0 Å². The highest BCUT2D eigenvalue weighted by atomic mass is 16.3. The summed E-state index contributed by atoms with van der Waals surface area (Å²) in [7, 11) is 0. The normalized spacial score (nSPS) is 11.8. The summed E-state index contributed by atoms with van der Waals surface area (Å²) in [4.78, 5) is 11.9. The van der Waals surface area contributed by atoms with E-state index in [1.165, 1.54) is 11.1 Å². The third kappa shape index (κ3) is 5.70. The molecule has 2 rings (SSSR count). The van der Waals surface area contributed by atoms with Crippen molar-refractivity contribution in [3.8, 4) is 0 Å². The molecule has 1 unspecified atom stereocenters. The van der Waals surface area contributed by atoms with E-state index in [-0.39, 0.29) is 18.6 Å². The van der Waals surface area contributed by atoms with E-state index < -0.39 is 0 Å². The van der Waals surface area contributed by atoms with E-state index in [2.05, 4.69) is 41.8 Å². The maximum atomic E-state index is 11.9. The van der Waals surface area contributed by atoms with Crippen molar-refractivity contribution >= 4 is 11.6 Å². The maximum Gasteiger partial charge on any atom is 0.224 e. The smallest absolute Gasteiger partial charge is 0.224 e. The molecule has 0 radical (unpaired) electrons. The summed E-state index contributed by atoms with van der Waals surface area (Å²) in [6.45, 7) is 4.77. The topological polar surface area (TPSA) is 61.4 Å². The van der Waals surface area contributed by atoms with Crippen molar-refractivity contribution in [1.29, 1.82) is 0 Å². The summed E-state index contributed by atoms with van der Waals surface area (Å²) in [5, 5.41) is 15.3. The Morgan fingerprint density at radius 3 is 2.25 bits per heavy atom. The first-order valence-electron chi connectivity index (χ1n) is 8.39. The molecule has 0 saturated carbocycles. The minimum atomic E-state index is -0.159. The standard InChI is InChI=1S/C20H26N2O2/c1-3-18(14-23)22-20(24)12-16-8-10-19(11-9-16)21-13-17-6-4-15(2)5-7-17/h4-11,18,21,23H,3,12-14H2,1-2H3,(H,22,24). The van der Waals surface area contributed by atoms with Crippen molar-refractivity contribution < 1.29 is 9.90 Å². The molecule has 3 N–H and O–H groups in total. The fourth-order valence-electron chi connectivity index (χ4n) is 2.39. The van der Waals surface area contributed by atoms with Crippen LogP contribution in [0.15, 0.2) is 48.5 Å². The minimum Gasteiger partial charge on any atom is -0.394 e. The number of benzene rings is 2. The lowest BCUT2D eigenvalue weighted by Gasteiger charge is -2.14. The Hall–Kier alpha value is -2.33. The first kappa shape index (κ1) is 18.0. The van der Waals surface area contributed by atoms with Gasteiger partial charge in [0, 0.05) is 12.2 Å². The molecule has 0 aliphatic heterocycles. The molecule has 0 spiro atoms. The molecule has 1 amide bonds. The summed E-state index contributed by atoms with van der Waals surface area (Å²) in [5.41, 5.74) is 4.48. The molecule has 2 aromatic rings. The van der Waals surface area contributed by atoms with Gasteiger partial charge in [0.05, 0.1) is 19.1 Å². The van der Waals surface area contributed by atoms with E-state index in [0.29, 0.717) is 6.42 Å². The van der Waals surface area contributed by atoms with E-state index in [1.54, 1.807) is 0 Å². The van der Waals surface area contributed by atoms with Crippen LogP contribution in [0.1, 0.15) is 30.0 Å². The van der Waals surface area contributed by atoms with Crippen LogP contribution >= 0.6 is 0 Å². The quantitative estimate of drug-likeness (QED) is 0.699. The van der Waals surface area contributed by atoms with Crippen LogP contribution in [0.5, 0.6) is 0 Å². The molecule has 24 heavy (non-hydrogen) atoms. The van der Waals surface area contributed by atoms with Gasteiger partial charge in [0.2, 0.25) is 5.91 Å². The summed E-state index contributed by atoms with van der Waals surface area (Å²) in [6, 6.07) is 16.2. The highest BCUT2D eigenvalue weighted by Crippen LogP contribution is 2.12. The Balaban J connectivity index is 1.84. The minimum absolute atomic E-state index is 0.0237. The fraction of sp³-hybridized carbons (Fsp3) is 0.350. The van der Waals surface area contributed by atoms with Crippen LogP contribution in [0.2, 0.25) is 0 Å². The van der Waals surface area contributed by atoms with Crippen LogP contribution in [0.4, 0.5) is 5.69 Å². The van der Waals surface area contributed by atoms with Crippen molar-refractivity contribution in [3.63, 3.8) is 0 Å². The van der Waals surface area contributed by atoms with Gasteiger partial charge in [-0.2, -0.15) is 0 Å². The van der Waals surface area contributed by atoms with Crippen molar-refractivity contribution in [2.75, 3.05) is 11.9 Å². The number of carbonyl (C=O) groups excluding carboxylic acids is 1. The SMILES string of the molecule is CCC(CO)NC(=O)Cc1ccc(NCc2ccc(C)cc2)cc1. The molecule has 0 heterocycles. The Labute approximate surface area is 143 Å². The van der Waals surface area contributed by atoms with Gasteiger partial charge in [-0.15, -0.1) is 0 Å². The maximum absolute atomic E-state index is 11.9. The average molecular weight is 326 g/mol. The number of aliphatic hydroxyl groups excluding tert-OH is 1. The van der Waals surface area contributed by atoms with E-state index in [4.69, 9.17) is 5.11 Å². The van der Waals surface area contributed by atoms with Crippen LogP contribution in [-0.2, 0) is 17.8 Å². The summed E-state index contributed by atoms with van der Waals surface area (Å²) < 4.78 is 0. The molecule has 0 saturated heterocycles. The molecule has 2 aromatic carbocycles. The Kier molecular flexibility index (Phi) is 6.82. The summed E-state index contributed by atoms with van der Waals surface area (Å²) in [6.07, 6.45) is 1.05. The number of nitrogens with one attached hydrogen (secondary N) is 2. The van der Waals surface area contributed by atoms with Crippen molar-refractivity contribution in [1.82, 2.24) is 5.32 Å². The van der Waals surface area contributed by atoms with Crippen molar-refractivity contribution in [3.05, 3.63) is 65.2 Å². The van der Waals surface area contributed by atoms with Crippen LogP contribution < -0.4 is 10.6 Å². The van der Waals surface area contributed by atoms with Gasteiger partial charge in [-0.05, 0) is 36.6 Å². The molecule has 0 bridgehead atoms. The van der Waals surface area contributed by atoms with E-state index in [0.717, 1.165) is 24.2 Å². The number of carbonyl (C=O) groups is 1. The number of rotatable bonds is 8. The molecule has 0 fully saturated rings. The lowest BCUT2D eigenvalue weighted by molar-refractivity contribution is -0.121. The zero-order valence-electron chi connectivity index (χ0n) is 14.4. The number of aliphatic hydroxyl groups is 1. The van der Waals surface area contributed by atoms with E-state index >= 15 is 0 Å². The van der Waals surface area contributed by atoms with E-state index in [1.807, 2.05) is 31.2 Å². The molecule has 0 aliphatic rings. The molecule has 128 valence electrons. The highest BCUT2D eigenvalue weighted by Gasteiger charge is 2.09. The molecular formula is C20H26N2O2. The zero-order chi connectivity index (χ0) is 17.4. The molecule has 0 aromatic heterocycles. The average Bonchev–Trinajstić information content (AvgIpc) is 2.60. The summed E-state index contributed by atoms with van der Waals surface area (Å²) in [5.74, 6) is -0.0590. The molecule has 4 heteroatoms. The second kappa shape index (κ2) is 9.08. The lowest BCUT2D eigenvalue weighted by Crippen LogP contribution is -2.37. The highest BCUT2D eigenvalue weighted by molar-refractivity contribution is 5.79. The molecular weight excluding hydrogens is 300 g/mol. The number of amides is 1. The second-order valence-electron chi connectivity index (χ2n) is 6.07. The van der Waals surface area contributed by atoms with Gasteiger partial charge < -0.3 is 15.7 Å². The van der Waals surface area contributed by atoms with Gasteiger partial charge >= 0.3 is 0 Å². The molecule has 1 atom stereocenters. The van der Waals surface area contributed by atoms with Crippen LogP contribution in [0, 0.1) is 6.92 Å². The fourth-order valence-corrected chi connectivity index (χ4v) is 2.39. The number of anilines is 1. The van der Waals surface area contributed by atoms with E-state index in [9.17, 15) is 4.79 Å². The third-order valence-electron chi connectivity index (χ3n) is 4.01. The molecule has 4 nitrogen and oxygen atoms in total. The predicted molar refractivity (Wildman–Crippen MR) is 98.0 cm³/mol.